The quantitative estimate of drug-likeness (QED) is 0.260. The SMILES string of the molecule is c1ccc2c(c1)Oc1ccccc1N2c1cc(-c2ccc3c(c2)CC3)cc(-c2ccc3c(c2)CC3)c1. The van der Waals surface area contributed by atoms with Crippen LogP contribution >= 0.6 is 0 Å². The lowest BCUT2D eigenvalue weighted by molar-refractivity contribution is 0.477. The van der Waals surface area contributed by atoms with Gasteiger partial charge in [-0.1, -0.05) is 60.7 Å². The molecule has 5 aromatic carbocycles. The fraction of sp³-hybridized carbons (Fsp3) is 0.118. The largest absolute Gasteiger partial charge is 0.453 e. The van der Waals surface area contributed by atoms with Crippen LogP contribution in [0.3, 0.4) is 0 Å². The van der Waals surface area contributed by atoms with Crippen LogP contribution in [0.4, 0.5) is 17.1 Å². The molecule has 1 aliphatic heterocycles. The van der Waals surface area contributed by atoms with Crippen LogP contribution in [-0.4, -0.2) is 0 Å². The molecule has 2 aliphatic carbocycles. The van der Waals surface area contributed by atoms with Crippen LogP contribution in [0.5, 0.6) is 11.5 Å². The van der Waals surface area contributed by atoms with Crippen LogP contribution in [-0.2, 0) is 25.7 Å². The van der Waals surface area contributed by atoms with Crippen molar-refractivity contribution in [2.24, 2.45) is 0 Å². The first-order valence-electron chi connectivity index (χ1n) is 12.9. The van der Waals surface area contributed by atoms with E-state index in [4.69, 9.17) is 4.74 Å². The van der Waals surface area contributed by atoms with Gasteiger partial charge in [-0.05, 0) is 113 Å². The van der Waals surface area contributed by atoms with Crippen molar-refractivity contribution in [1.29, 1.82) is 0 Å². The molecule has 2 nitrogen and oxygen atoms in total. The lowest BCUT2D eigenvalue weighted by Gasteiger charge is -2.33. The van der Waals surface area contributed by atoms with Gasteiger partial charge in [0.15, 0.2) is 11.5 Å². The molecule has 172 valence electrons. The van der Waals surface area contributed by atoms with Gasteiger partial charge in [-0.15, -0.1) is 0 Å². The van der Waals surface area contributed by atoms with E-state index in [1.165, 1.54) is 70.2 Å². The van der Waals surface area contributed by atoms with Crippen molar-refractivity contribution in [1.82, 2.24) is 0 Å². The second kappa shape index (κ2) is 7.60. The third kappa shape index (κ3) is 3.04. The summed E-state index contributed by atoms with van der Waals surface area (Å²) in [7, 11) is 0. The molecule has 1 heterocycles. The molecule has 2 heteroatoms. The Morgan fingerprint density at radius 2 is 0.944 bits per heavy atom. The van der Waals surface area contributed by atoms with E-state index in [2.05, 4.69) is 95.9 Å². The zero-order valence-corrected chi connectivity index (χ0v) is 20.0. The predicted molar refractivity (Wildman–Crippen MR) is 147 cm³/mol. The Bertz CT molecular complexity index is 1560. The highest BCUT2D eigenvalue weighted by Gasteiger charge is 2.26. The van der Waals surface area contributed by atoms with Gasteiger partial charge < -0.3 is 9.64 Å². The van der Waals surface area contributed by atoms with E-state index >= 15 is 0 Å². The smallest absolute Gasteiger partial charge is 0.151 e. The van der Waals surface area contributed by atoms with Gasteiger partial charge in [0.1, 0.15) is 0 Å². The number of rotatable bonds is 3. The Morgan fingerprint density at radius 1 is 0.444 bits per heavy atom. The van der Waals surface area contributed by atoms with Crippen molar-refractivity contribution in [2.75, 3.05) is 4.90 Å². The molecular weight excluding hydrogens is 438 g/mol. The molecule has 3 aliphatic rings. The molecule has 0 spiro atoms. The second-order valence-electron chi connectivity index (χ2n) is 10.1. The number of ether oxygens (including phenoxy) is 1. The van der Waals surface area contributed by atoms with Gasteiger partial charge >= 0.3 is 0 Å². The van der Waals surface area contributed by atoms with E-state index in [9.17, 15) is 0 Å². The molecule has 8 rings (SSSR count). The topological polar surface area (TPSA) is 12.5 Å². The lowest BCUT2D eigenvalue weighted by Crippen LogP contribution is -2.16. The Morgan fingerprint density at radius 3 is 1.42 bits per heavy atom. The maximum absolute atomic E-state index is 6.29. The maximum atomic E-state index is 6.29. The van der Waals surface area contributed by atoms with Gasteiger partial charge in [-0.3, -0.25) is 0 Å². The molecule has 0 bridgehead atoms. The van der Waals surface area contributed by atoms with E-state index in [-0.39, 0.29) is 0 Å². The van der Waals surface area contributed by atoms with Crippen LogP contribution in [0.1, 0.15) is 22.3 Å². The number of fused-ring (bicyclic) bond motifs is 4. The van der Waals surface area contributed by atoms with Gasteiger partial charge in [-0.2, -0.15) is 0 Å². The number of hydrogen-bond donors (Lipinski definition) is 0. The first-order chi connectivity index (χ1) is 17.8. The molecule has 0 saturated carbocycles. The zero-order chi connectivity index (χ0) is 23.6. The van der Waals surface area contributed by atoms with Gasteiger partial charge in [-0.25, -0.2) is 0 Å². The number of nitrogens with zero attached hydrogens (tertiary/aromatic N) is 1. The monoisotopic (exact) mass is 463 g/mol. The summed E-state index contributed by atoms with van der Waals surface area (Å²) in [4.78, 5) is 2.35. The van der Waals surface area contributed by atoms with Gasteiger partial charge in [0.05, 0.1) is 11.4 Å². The van der Waals surface area contributed by atoms with Crippen LogP contribution in [0.25, 0.3) is 22.3 Å². The summed E-state index contributed by atoms with van der Waals surface area (Å²) in [6.07, 6.45) is 4.78. The van der Waals surface area contributed by atoms with Gasteiger partial charge in [0.2, 0.25) is 0 Å². The molecule has 0 fully saturated rings. The van der Waals surface area contributed by atoms with Crippen molar-refractivity contribution >= 4 is 17.1 Å². The first-order valence-corrected chi connectivity index (χ1v) is 12.9. The molecule has 0 saturated heterocycles. The van der Waals surface area contributed by atoms with E-state index in [1.807, 2.05) is 12.1 Å². The van der Waals surface area contributed by atoms with Crippen LogP contribution in [0.2, 0.25) is 0 Å². The highest BCUT2D eigenvalue weighted by Crippen LogP contribution is 2.51. The van der Waals surface area contributed by atoms with Crippen molar-refractivity contribution in [3.05, 3.63) is 125 Å². The van der Waals surface area contributed by atoms with Crippen LogP contribution in [0, 0.1) is 0 Å². The Balaban J connectivity index is 1.36. The molecule has 36 heavy (non-hydrogen) atoms. The number of hydrogen-bond acceptors (Lipinski definition) is 2. The maximum Gasteiger partial charge on any atom is 0.151 e. The minimum absolute atomic E-state index is 0.880. The van der Waals surface area contributed by atoms with Gasteiger partial charge in [0.25, 0.3) is 0 Å². The van der Waals surface area contributed by atoms with Crippen molar-refractivity contribution in [3.63, 3.8) is 0 Å². The molecular formula is C34H25NO. The zero-order valence-electron chi connectivity index (χ0n) is 20.0. The van der Waals surface area contributed by atoms with Crippen LogP contribution in [0.15, 0.2) is 103 Å². The minimum Gasteiger partial charge on any atom is -0.453 e. The highest BCUT2D eigenvalue weighted by atomic mass is 16.5. The number of para-hydroxylation sites is 4. The van der Waals surface area contributed by atoms with Crippen molar-refractivity contribution < 1.29 is 4.74 Å². The fourth-order valence-corrected chi connectivity index (χ4v) is 5.81. The average molecular weight is 464 g/mol. The average Bonchev–Trinajstić information content (AvgIpc) is 2.88. The summed E-state index contributed by atoms with van der Waals surface area (Å²) >= 11 is 0. The van der Waals surface area contributed by atoms with E-state index in [0.717, 1.165) is 28.6 Å². The minimum atomic E-state index is 0.880. The fourth-order valence-electron chi connectivity index (χ4n) is 5.81. The number of aryl methyl sites for hydroxylation is 4. The lowest BCUT2D eigenvalue weighted by atomic mass is 9.84. The standard InChI is InChI=1S/C34H25NO/c1-3-7-33-31(5-1)35(32-6-2-4-8-34(32)36-33)30-20-28(26-15-11-22-9-13-24(22)17-26)19-29(21-30)27-16-12-23-10-14-25(23)18-27/h1-8,11-12,15-21H,9-10,13-14H2. The molecule has 0 radical (unpaired) electrons. The molecule has 0 N–H and O–H groups in total. The van der Waals surface area contributed by atoms with Crippen LogP contribution < -0.4 is 9.64 Å². The van der Waals surface area contributed by atoms with E-state index < -0.39 is 0 Å². The third-order valence-corrected chi connectivity index (χ3v) is 8.01. The number of benzene rings is 5. The molecule has 0 atom stereocenters. The Kier molecular flexibility index (Phi) is 4.21. The summed E-state index contributed by atoms with van der Waals surface area (Å²) in [6.45, 7) is 0. The van der Waals surface area contributed by atoms with Crippen molar-refractivity contribution in [2.45, 2.75) is 25.7 Å². The normalized spacial score (nSPS) is 14.4. The third-order valence-electron chi connectivity index (χ3n) is 8.01. The molecule has 0 aromatic heterocycles. The van der Waals surface area contributed by atoms with Crippen molar-refractivity contribution in [3.8, 4) is 33.8 Å². The molecule has 5 aromatic rings. The summed E-state index contributed by atoms with van der Waals surface area (Å²) in [6, 6.07) is 37.7. The Labute approximate surface area is 211 Å². The highest BCUT2D eigenvalue weighted by molar-refractivity contribution is 5.90. The predicted octanol–water partition coefficient (Wildman–Crippen LogP) is 8.79. The Hall–Kier alpha value is -4.30. The molecule has 0 amide bonds. The molecule has 0 unspecified atom stereocenters. The summed E-state index contributed by atoms with van der Waals surface area (Å²) in [5, 5.41) is 0. The summed E-state index contributed by atoms with van der Waals surface area (Å²) in [5.74, 6) is 1.76. The van der Waals surface area contributed by atoms with E-state index in [0.29, 0.717) is 0 Å². The van der Waals surface area contributed by atoms with E-state index in [1.54, 1.807) is 0 Å². The second-order valence-corrected chi connectivity index (χ2v) is 10.1. The number of anilines is 3. The van der Waals surface area contributed by atoms with Gasteiger partial charge in [0, 0.05) is 5.69 Å². The first kappa shape index (κ1) is 19.9. The summed E-state index contributed by atoms with van der Waals surface area (Å²) < 4.78 is 6.29. The summed E-state index contributed by atoms with van der Waals surface area (Å²) in [5.41, 5.74) is 14.3.